The summed E-state index contributed by atoms with van der Waals surface area (Å²) in [5.41, 5.74) is 1.20. The van der Waals surface area contributed by atoms with Crippen LogP contribution in [0.5, 0.6) is 0 Å². The number of hydrogen-bond donors (Lipinski definition) is 1. The second-order valence-electron chi connectivity index (χ2n) is 10.8. The van der Waals surface area contributed by atoms with Gasteiger partial charge in [0, 0.05) is 13.1 Å². The minimum Gasteiger partial charge on any atom is -0.465 e. The van der Waals surface area contributed by atoms with Gasteiger partial charge in [-0.15, -0.1) is 0 Å². The molecule has 1 N–H and O–H groups in total. The number of amides is 1. The minimum absolute atomic E-state index is 0.139. The van der Waals surface area contributed by atoms with Crippen LogP contribution in [0, 0.1) is 16.7 Å². The zero-order valence-electron chi connectivity index (χ0n) is 21.6. The number of thioether (sulfide) groups is 1. The summed E-state index contributed by atoms with van der Waals surface area (Å²) in [7, 11) is 0. The van der Waals surface area contributed by atoms with Gasteiger partial charge in [-0.2, -0.15) is 5.26 Å². The average molecular weight is 514 g/mol. The minimum atomic E-state index is -0.871. The van der Waals surface area contributed by atoms with Gasteiger partial charge in [0.25, 0.3) is 0 Å². The molecule has 37 heavy (non-hydrogen) atoms. The third-order valence-corrected chi connectivity index (χ3v) is 8.49. The van der Waals surface area contributed by atoms with Crippen LogP contribution in [-0.4, -0.2) is 57.0 Å². The number of carboxylic acid groups (broad SMARTS) is 1. The Balaban J connectivity index is 1.59. The molecule has 0 aliphatic carbocycles. The number of benzene rings is 2. The Labute approximate surface area is 221 Å². The fraction of sp³-hybridized carbons (Fsp3) is 0.379. The molecule has 3 aromatic rings. The summed E-state index contributed by atoms with van der Waals surface area (Å²) >= 11 is 1.44. The fourth-order valence-electron chi connectivity index (χ4n) is 6.00. The number of piperazine rings is 1. The van der Waals surface area contributed by atoms with E-state index in [2.05, 4.69) is 61.0 Å². The lowest BCUT2D eigenvalue weighted by Gasteiger charge is -2.54. The van der Waals surface area contributed by atoms with Gasteiger partial charge in [0.15, 0.2) is 11.0 Å². The normalized spacial score (nSPS) is 21.5. The van der Waals surface area contributed by atoms with Crippen LogP contribution in [0.3, 0.4) is 0 Å². The van der Waals surface area contributed by atoms with E-state index < -0.39 is 11.6 Å². The van der Waals surface area contributed by atoms with Crippen molar-refractivity contribution < 1.29 is 9.90 Å². The number of carbonyl (C=O) groups is 1. The fourth-order valence-corrected chi connectivity index (χ4v) is 6.37. The van der Waals surface area contributed by atoms with Gasteiger partial charge in [0.1, 0.15) is 11.6 Å². The Hall–Kier alpha value is -3.57. The highest BCUT2D eigenvalue weighted by Crippen LogP contribution is 2.50. The Morgan fingerprint density at radius 2 is 1.95 bits per heavy atom. The second-order valence-corrected chi connectivity index (χ2v) is 11.6. The monoisotopic (exact) mass is 513 g/mol. The van der Waals surface area contributed by atoms with Gasteiger partial charge in [0.2, 0.25) is 0 Å². The topological polar surface area (TPSA) is 93.4 Å². The third kappa shape index (κ3) is 4.21. The maximum Gasteiger partial charge on any atom is 0.408 e. The second kappa shape index (κ2) is 9.38. The molecule has 2 bridgehead atoms. The van der Waals surface area contributed by atoms with Gasteiger partial charge in [-0.05, 0) is 46.9 Å². The Kier molecular flexibility index (Phi) is 6.36. The maximum absolute atomic E-state index is 12.3. The van der Waals surface area contributed by atoms with Crippen molar-refractivity contribution in [2.45, 2.75) is 50.4 Å². The van der Waals surface area contributed by atoms with E-state index in [0.717, 1.165) is 29.2 Å². The van der Waals surface area contributed by atoms with Crippen LogP contribution in [0.4, 0.5) is 10.6 Å². The molecule has 2 aliphatic rings. The molecule has 7 nitrogen and oxygen atoms in total. The van der Waals surface area contributed by atoms with Gasteiger partial charge in [0.05, 0.1) is 17.3 Å². The highest BCUT2D eigenvalue weighted by atomic mass is 32.2. The molecule has 1 amide bonds. The molecule has 0 unspecified atom stereocenters. The molecule has 0 saturated carbocycles. The summed E-state index contributed by atoms with van der Waals surface area (Å²) in [4.78, 5) is 25.6. The van der Waals surface area contributed by atoms with E-state index in [4.69, 9.17) is 4.98 Å². The van der Waals surface area contributed by atoms with Crippen LogP contribution in [0.15, 0.2) is 47.6 Å². The highest BCUT2D eigenvalue weighted by molar-refractivity contribution is 7.98. The van der Waals surface area contributed by atoms with E-state index >= 15 is 0 Å². The molecular formula is C29H31N5O2S. The van der Waals surface area contributed by atoms with Crippen molar-refractivity contribution in [3.63, 3.8) is 0 Å². The van der Waals surface area contributed by atoms with Gasteiger partial charge in [-0.1, -0.05) is 81.1 Å². The van der Waals surface area contributed by atoms with E-state index in [-0.39, 0.29) is 11.5 Å². The predicted octanol–water partition coefficient (Wildman–Crippen LogP) is 6.14. The molecule has 1 aromatic heterocycles. The van der Waals surface area contributed by atoms with Gasteiger partial charge >= 0.3 is 6.09 Å². The van der Waals surface area contributed by atoms with Crippen LogP contribution in [0.2, 0.25) is 0 Å². The summed E-state index contributed by atoms with van der Waals surface area (Å²) in [6.45, 7) is 7.31. The lowest BCUT2D eigenvalue weighted by Crippen LogP contribution is -2.68. The molecule has 190 valence electrons. The zero-order chi connectivity index (χ0) is 26.4. The van der Waals surface area contributed by atoms with Crippen molar-refractivity contribution >= 4 is 46.6 Å². The van der Waals surface area contributed by atoms with E-state index in [9.17, 15) is 15.2 Å². The van der Waals surface area contributed by atoms with Crippen LogP contribution in [-0.2, 0) is 0 Å². The van der Waals surface area contributed by atoms with Crippen molar-refractivity contribution in [1.29, 1.82) is 5.26 Å². The SMILES string of the molecule is CSc1nc(/C=C/c2cccc3ccccc23)c(C#N)c(N2C[C@@H]3CC[C@@](C(C)(C)C)(C2)N3C(=O)O)n1. The number of fused-ring (bicyclic) bond motifs is 3. The molecule has 0 radical (unpaired) electrons. The number of hydrogen-bond acceptors (Lipinski definition) is 6. The number of nitriles is 1. The molecule has 2 aliphatic heterocycles. The molecule has 8 heteroatoms. The Morgan fingerprint density at radius 3 is 2.65 bits per heavy atom. The zero-order valence-corrected chi connectivity index (χ0v) is 22.4. The summed E-state index contributed by atoms with van der Waals surface area (Å²) < 4.78 is 0. The third-order valence-electron chi connectivity index (χ3n) is 7.94. The van der Waals surface area contributed by atoms with Crippen LogP contribution < -0.4 is 4.90 Å². The van der Waals surface area contributed by atoms with E-state index in [1.807, 2.05) is 36.6 Å². The van der Waals surface area contributed by atoms with Crippen molar-refractivity contribution in [3.05, 3.63) is 59.3 Å². The first kappa shape index (κ1) is 25.1. The molecular weight excluding hydrogens is 482 g/mol. The molecule has 2 aromatic carbocycles. The number of anilines is 1. The Morgan fingerprint density at radius 1 is 1.19 bits per heavy atom. The first-order valence-corrected chi connectivity index (χ1v) is 13.7. The lowest BCUT2D eigenvalue weighted by atomic mass is 9.71. The number of nitrogens with zero attached hydrogens (tertiary/aromatic N) is 5. The number of rotatable bonds is 4. The largest absolute Gasteiger partial charge is 0.465 e. The first-order valence-electron chi connectivity index (χ1n) is 12.5. The van der Waals surface area contributed by atoms with E-state index in [1.54, 1.807) is 4.90 Å². The van der Waals surface area contributed by atoms with Crippen molar-refractivity contribution in [2.24, 2.45) is 5.41 Å². The van der Waals surface area contributed by atoms with Gasteiger partial charge in [-0.25, -0.2) is 14.8 Å². The molecule has 2 fully saturated rings. The summed E-state index contributed by atoms with van der Waals surface area (Å²) in [6.07, 6.45) is 6.54. The van der Waals surface area contributed by atoms with Crippen molar-refractivity contribution in [1.82, 2.24) is 14.9 Å². The van der Waals surface area contributed by atoms with Crippen molar-refractivity contribution in [3.8, 4) is 6.07 Å². The lowest BCUT2D eigenvalue weighted by molar-refractivity contribution is 0.00521. The molecule has 0 spiro atoms. The first-order chi connectivity index (χ1) is 17.7. The molecule has 3 heterocycles. The number of aromatic nitrogens is 2. The maximum atomic E-state index is 12.3. The van der Waals surface area contributed by atoms with E-state index in [0.29, 0.717) is 35.3 Å². The van der Waals surface area contributed by atoms with Crippen LogP contribution >= 0.6 is 11.8 Å². The smallest absolute Gasteiger partial charge is 0.408 e. The molecule has 5 rings (SSSR count). The quantitative estimate of drug-likeness (QED) is 0.331. The summed E-state index contributed by atoms with van der Waals surface area (Å²) in [5.74, 6) is 0.588. The van der Waals surface area contributed by atoms with Crippen LogP contribution in [0.1, 0.15) is 50.4 Å². The average Bonchev–Trinajstić information content (AvgIpc) is 3.14. The standard InChI is InChI=1S/C29H31N5O2S/c1-28(2,3)29-15-14-21(34(29)27(35)36)17-33(18-29)25-23(16-30)24(31-26(32-25)37-4)13-12-20-10-7-9-19-8-5-6-11-22(19)20/h5-13,21H,14-15,17-18H2,1-4H3,(H,35,36)/b13-12+/t21-,29-/m0/s1. The van der Waals surface area contributed by atoms with E-state index in [1.165, 1.54) is 11.8 Å². The molecule has 2 saturated heterocycles. The van der Waals surface area contributed by atoms with Gasteiger partial charge in [-0.3, -0.25) is 4.90 Å². The van der Waals surface area contributed by atoms with Crippen molar-refractivity contribution in [2.75, 3.05) is 24.2 Å². The van der Waals surface area contributed by atoms with Crippen LogP contribution in [0.25, 0.3) is 22.9 Å². The molecule has 2 atom stereocenters. The summed E-state index contributed by atoms with van der Waals surface area (Å²) in [5, 5.41) is 23.2. The highest BCUT2D eigenvalue weighted by Gasteiger charge is 2.59. The predicted molar refractivity (Wildman–Crippen MR) is 149 cm³/mol. The Bertz CT molecular complexity index is 1440. The van der Waals surface area contributed by atoms with Gasteiger partial charge < -0.3 is 10.0 Å². The summed E-state index contributed by atoms with van der Waals surface area (Å²) in [6, 6.07) is 16.6.